The maximum atomic E-state index is 11.9. The second-order valence-corrected chi connectivity index (χ2v) is 6.60. The summed E-state index contributed by atoms with van der Waals surface area (Å²) in [6.45, 7) is 7.44. The minimum absolute atomic E-state index is 0.0165. The first-order chi connectivity index (χ1) is 8.43. The molecule has 0 aromatic carbocycles. The van der Waals surface area contributed by atoms with Gasteiger partial charge in [-0.25, -0.2) is 0 Å². The summed E-state index contributed by atoms with van der Waals surface area (Å²) in [7, 11) is 0. The fourth-order valence-electron chi connectivity index (χ4n) is 4.19. The van der Waals surface area contributed by atoms with E-state index in [4.69, 9.17) is 4.52 Å². The van der Waals surface area contributed by atoms with Gasteiger partial charge in [-0.05, 0) is 24.2 Å². The van der Waals surface area contributed by atoms with Crippen molar-refractivity contribution in [1.82, 2.24) is 10.5 Å². The molecule has 1 N–H and O–H groups in total. The van der Waals surface area contributed by atoms with Crippen molar-refractivity contribution >= 4 is 5.91 Å². The van der Waals surface area contributed by atoms with Crippen LogP contribution in [0.5, 0.6) is 0 Å². The predicted molar refractivity (Wildman–Crippen MR) is 67.1 cm³/mol. The molecule has 98 valence electrons. The lowest BCUT2D eigenvalue weighted by molar-refractivity contribution is -0.123. The molecule has 18 heavy (non-hydrogen) atoms. The molecular formula is C14H20N2O2. The Bertz CT molecular complexity index is 492. The smallest absolute Gasteiger partial charge is 0.220 e. The van der Waals surface area contributed by atoms with Crippen molar-refractivity contribution in [3.63, 3.8) is 0 Å². The lowest BCUT2D eigenvalue weighted by Crippen LogP contribution is -2.46. The zero-order chi connectivity index (χ0) is 13.0. The summed E-state index contributed by atoms with van der Waals surface area (Å²) >= 11 is 0. The first-order valence-corrected chi connectivity index (χ1v) is 6.64. The van der Waals surface area contributed by atoms with Gasteiger partial charge in [0.1, 0.15) is 5.76 Å². The minimum Gasteiger partial charge on any atom is -0.361 e. The topological polar surface area (TPSA) is 55.1 Å². The first-order valence-electron chi connectivity index (χ1n) is 6.64. The quantitative estimate of drug-likeness (QED) is 0.764. The molecule has 0 unspecified atom stereocenters. The molecule has 1 fully saturated rings. The maximum Gasteiger partial charge on any atom is 0.220 e. The molecule has 1 amide bonds. The van der Waals surface area contributed by atoms with Crippen molar-refractivity contribution in [3.05, 3.63) is 17.5 Å². The second kappa shape index (κ2) is 3.59. The summed E-state index contributed by atoms with van der Waals surface area (Å²) in [6, 6.07) is 0. The van der Waals surface area contributed by atoms with E-state index < -0.39 is 0 Å². The zero-order valence-corrected chi connectivity index (χ0v) is 11.2. The Balaban J connectivity index is 2.10. The molecule has 0 bridgehead atoms. The third-order valence-electron chi connectivity index (χ3n) is 4.86. The molecule has 4 heteroatoms. The van der Waals surface area contributed by atoms with E-state index in [1.165, 1.54) is 5.56 Å². The molecule has 2 aliphatic rings. The van der Waals surface area contributed by atoms with Gasteiger partial charge in [-0.2, -0.15) is 0 Å². The largest absolute Gasteiger partial charge is 0.361 e. The molecule has 0 spiro atoms. The normalized spacial score (nSPS) is 34.2. The molecule has 1 aliphatic heterocycles. The molecular weight excluding hydrogens is 228 g/mol. The van der Waals surface area contributed by atoms with Gasteiger partial charge in [0.05, 0.1) is 6.20 Å². The number of hydrogen-bond donors (Lipinski definition) is 1. The van der Waals surface area contributed by atoms with E-state index in [1.54, 1.807) is 0 Å². The number of amides is 1. The third kappa shape index (κ3) is 1.51. The fraction of sp³-hybridized carbons (Fsp3) is 0.714. The molecule has 3 rings (SSSR count). The van der Waals surface area contributed by atoms with Gasteiger partial charge in [0.2, 0.25) is 5.91 Å². The van der Waals surface area contributed by atoms with E-state index in [9.17, 15) is 4.79 Å². The monoisotopic (exact) mass is 248 g/mol. The number of nitrogens with one attached hydrogen (secondary N) is 1. The van der Waals surface area contributed by atoms with E-state index in [-0.39, 0.29) is 16.7 Å². The molecule has 2 heterocycles. The number of fused-ring (bicyclic) bond motifs is 2. The van der Waals surface area contributed by atoms with E-state index in [0.717, 1.165) is 25.1 Å². The molecule has 2 atom stereocenters. The van der Waals surface area contributed by atoms with Crippen LogP contribution in [0, 0.1) is 11.3 Å². The lowest BCUT2D eigenvalue weighted by atomic mass is 9.55. The van der Waals surface area contributed by atoms with Gasteiger partial charge in [0.25, 0.3) is 0 Å². The van der Waals surface area contributed by atoms with Crippen LogP contribution in [0.4, 0.5) is 0 Å². The minimum atomic E-state index is -0.0505. The van der Waals surface area contributed by atoms with E-state index in [0.29, 0.717) is 12.3 Å². The second-order valence-electron chi connectivity index (χ2n) is 6.60. The molecule has 0 saturated carbocycles. The highest BCUT2D eigenvalue weighted by Crippen LogP contribution is 2.53. The highest BCUT2D eigenvalue weighted by atomic mass is 16.5. The van der Waals surface area contributed by atoms with Gasteiger partial charge in [0.15, 0.2) is 0 Å². The molecule has 4 nitrogen and oxygen atoms in total. The molecule has 0 radical (unpaired) electrons. The fourth-order valence-corrected chi connectivity index (χ4v) is 4.19. The van der Waals surface area contributed by atoms with Gasteiger partial charge < -0.3 is 9.84 Å². The number of nitrogens with zero attached hydrogens (tertiary/aromatic N) is 1. The van der Waals surface area contributed by atoms with E-state index in [2.05, 4.69) is 31.2 Å². The van der Waals surface area contributed by atoms with Gasteiger partial charge in [-0.15, -0.1) is 0 Å². The van der Waals surface area contributed by atoms with Crippen molar-refractivity contribution in [2.24, 2.45) is 11.3 Å². The van der Waals surface area contributed by atoms with Gasteiger partial charge in [-0.1, -0.05) is 25.9 Å². The van der Waals surface area contributed by atoms with Crippen LogP contribution in [-0.2, 0) is 16.6 Å². The Morgan fingerprint density at radius 2 is 2.17 bits per heavy atom. The number of carbonyl (C=O) groups is 1. The zero-order valence-electron chi connectivity index (χ0n) is 11.2. The SMILES string of the molecule is CC1(C)c2oncc2C[C@@]2(C)CC(=O)NCC[C@H]12. The maximum absolute atomic E-state index is 11.9. The molecule has 1 aromatic heterocycles. The Morgan fingerprint density at radius 3 is 2.94 bits per heavy atom. The van der Waals surface area contributed by atoms with Crippen molar-refractivity contribution in [3.8, 4) is 0 Å². The summed E-state index contributed by atoms with van der Waals surface area (Å²) in [6.07, 6.45) is 4.33. The summed E-state index contributed by atoms with van der Waals surface area (Å²) < 4.78 is 5.48. The standard InChI is InChI=1S/C14H20N2O2/c1-13(2)10-4-5-15-11(17)7-14(10,3)6-9-8-16-18-12(9)13/h8,10H,4-7H2,1-3H3,(H,15,17)/t10-,14+/m1/s1. The Kier molecular flexibility index (Phi) is 2.34. The summed E-state index contributed by atoms with van der Waals surface area (Å²) in [5.74, 6) is 1.64. The Labute approximate surface area is 107 Å². The van der Waals surface area contributed by atoms with Crippen molar-refractivity contribution in [2.75, 3.05) is 6.54 Å². The summed E-state index contributed by atoms with van der Waals surface area (Å²) in [5, 5.41) is 6.95. The van der Waals surface area contributed by atoms with Crippen LogP contribution in [0.3, 0.4) is 0 Å². The van der Waals surface area contributed by atoms with Crippen molar-refractivity contribution < 1.29 is 9.32 Å². The van der Waals surface area contributed by atoms with Crippen LogP contribution in [0.25, 0.3) is 0 Å². The highest BCUT2D eigenvalue weighted by Gasteiger charge is 2.52. The van der Waals surface area contributed by atoms with Crippen LogP contribution < -0.4 is 5.32 Å². The van der Waals surface area contributed by atoms with Crippen LogP contribution in [0.2, 0.25) is 0 Å². The predicted octanol–water partition coefficient (Wildman–Crippen LogP) is 2.04. The first kappa shape index (κ1) is 11.8. The van der Waals surface area contributed by atoms with Gasteiger partial charge >= 0.3 is 0 Å². The van der Waals surface area contributed by atoms with Crippen LogP contribution in [0.1, 0.15) is 44.9 Å². The molecule has 1 aliphatic carbocycles. The number of hydrogen-bond acceptors (Lipinski definition) is 3. The number of rotatable bonds is 0. The molecule has 1 saturated heterocycles. The van der Waals surface area contributed by atoms with Gasteiger partial charge in [-0.3, -0.25) is 4.79 Å². The Hall–Kier alpha value is -1.32. The van der Waals surface area contributed by atoms with Crippen LogP contribution >= 0.6 is 0 Å². The highest BCUT2D eigenvalue weighted by molar-refractivity contribution is 5.77. The summed E-state index contributed by atoms with van der Waals surface area (Å²) in [5.41, 5.74) is 1.14. The summed E-state index contributed by atoms with van der Waals surface area (Å²) in [4.78, 5) is 11.9. The number of aromatic nitrogens is 1. The van der Waals surface area contributed by atoms with E-state index >= 15 is 0 Å². The van der Waals surface area contributed by atoms with Gasteiger partial charge in [0, 0.05) is 23.9 Å². The molecule has 1 aromatic rings. The Morgan fingerprint density at radius 1 is 1.39 bits per heavy atom. The van der Waals surface area contributed by atoms with Crippen molar-refractivity contribution in [2.45, 2.75) is 45.4 Å². The van der Waals surface area contributed by atoms with Crippen molar-refractivity contribution in [1.29, 1.82) is 0 Å². The van der Waals surface area contributed by atoms with Crippen LogP contribution in [0.15, 0.2) is 10.7 Å². The third-order valence-corrected chi connectivity index (χ3v) is 4.86. The lowest BCUT2D eigenvalue weighted by Gasteiger charge is -2.48. The van der Waals surface area contributed by atoms with Crippen LogP contribution in [-0.4, -0.2) is 17.6 Å². The average molecular weight is 248 g/mol. The number of carbonyl (C=O) groups excluding carboxylic acids is 1. The average Bonchev–Trinajstić information content (AvgIpc) is 2.64. The van der Waals surface area contributed by atoms with E-state index in [1.807, 2.05) is 6.20 Å².